The lowest BCUT2D eigenvalue weighted by Crippen LogP contribution is -2.14. The molecule has 2 heterocycles. The molecule has 0 unspecified atom stereocenters. The van der Waals surface area contributed by atoms with E-state index in [0.717, 1.165) is 22.2 Å². The van der Waals surface area contributed by atoms with Gasteiger partial charge in [0.25, 0.3) is 0 Å². The van der Waals surface area contributed by atoms with Crippen molar-refractivity contribution < 1.29 is 23.6 Å². The molecule has 2 aromatic heterocycles. The molecule has 172 valence electrons. The average molecular weight is 457 g/mol. The average Bonchev–Trinajstić information content (AvgIpc) is 3.39. The maximum Gasteiger partial charge on any atom is 0.338 e. The number of carbonyl (C=O) groups excluding carboxylic acids is 2. The number of para-hydroxylation sites is 1. The Hall–Kier alpha value is -4.38. The number of aromatic nitrogens is 2. The Kier molecular flexibility index (Phi) is 6.74. The molecular weight excluding hydrogens is 434 g/mol. The van der Waals surface area contributed by atoms with Crippen LogP contribution in [0, 0.1) is 25.2 Å². The number of esters is 1. The minimum Gasteiger partial charge on any atom is -0.489 e. The lowest BCUT2D eigenvalue weighted by Gasteiger charge is -2.07. The molecule has 0 spiro atoms. The fraction of sp³-hybridized carbons (Fsp3) is 0.231. The second-order valence-corrected chi connectivity index (χ2v) is 7.78. The monoisotopic (exact) mass is 457 g/mol. The van der Waals surface area contributed by atoms with E-state index in [-0.39, 0.29) is 12.4 Å². The van der Waals surface area contributed by atoms with Gasteiger partial charge in [-0.2, -0.15) is 5.26 Å². The third-order valence-corrected chi connectivity index (χ3v) is 5.54. The molecule has 8 nitrogen and oxygen atoms in total. The third kappa shape index (κ3) is 4.84. The van der Waals surface area contributed by atoms with E-state index in [4.69, 9.17) is 19.3 Å². The number of nitriles is 1. The van der Waals surface area contributed by atoms with Crippen LogP contribution in [0.15, 0.2) is 59.3 Å². The smallest absolute Gasteiger partial charge is 0.338 e. The number of Topliss-reactive ketones (excluding diaryl/α,β-unsaturated/α-hetero) is 1. The van der Waals surface area contributed by atoms with Gasteiger partial charge in [0.1, 0.15) is 18.1 Å². The first kappa shape index (κ1) is 22.8. The van der Waals surface area contributed by atoms with Crippen molar-refractivity contribution in [3.05, 3.63) is 82.9 Å². The van der Waals surface area contributed by atoms with E-state index in [2.05, 4.69) is 11.2 Å². The normalized spacial score (nSPS) is 10.7. The molecule has 0 amide bonds. The predicted molar refractivity (Wildman–Crippen MR) is 124 cm³/mol. The van der Waals surface area contributed by atoms with Crippen LogP contribution < -0.4 is 4.74 Å². The Bertz CT molecular complexity index is 1360. The van der Waals surface area contributed by atoms with Crippen LogP contribution in [-0.4, -0.2) is 28.1 Å². The lowest BCUT2D eigenvalue weighted by molar-refractivity contribution is 0.0475. The van der Waals surface area contributed by atoms with Crippen LogP contribution in [0.4, 0.5) is 0 Å². The highest BCUT2D eigenvalue weighted by Crippen LogP contribution is 2.23. The SMILES string of the molecule is Cc1noc(C)c1COc1ccc(C(=O)OCC(=O)c2cn(CCC#N)c3ccccc23)cc1. The molecule has 34 heavy (non-hydrogen) atoms. The standard InChI is InChI=1S/C26H23N3O5/c1-17-23(18(2)34-28-17)15-32-20-10-8-19(9-11-20)26(31)33-16-25(30)22-14-29(13-5-12-27)24-7-4-3-6-21(22)24/h3-4,6-11,14H,5,13,15-16H2,1-2H3. The molecule has 0 aliphatic heterocycles. The van der Waals surface area contributed by atoms with Crippen LogP contribution in [0.1, 0.15) is 44.2 Å². The fourth-order valence-electron chi connectivity index (χ4n) is 3.67. The van der Waals surface area contributed by atoms with Crippen molar-refractivity contribution in [2.45, 2.75) is 33.4 Å². The van der Waals surface area contributed by atoms with Crippen molar-refractivity contribution in [1.82, 2.24) is 9.72 Å². The van der Waals surface area contributed by atoms with Crippen molar-refractivity contribution in [3.8, 4) is 11.8 Å². The van der Waals surface area contributed by atoms with Gasteiger partial charge >= 0.3 is 5.97 Å². The molecule has 4 rings (SSSR count). The highest BCUT2D eigenvalue weighted by molar-refractivity contribution is 6.09. The molecule has 0 atom stereocenters. The van der Waals surface area contributed by atoms with Crippen molar-refractivity contribution >= 4 is 22.7 Å². The molecular formula is C26H23N3O5. The van der Waals surface area contributed by atoms with Crippen LogP contribution >= 0.6 is 0 Å². The summed E-state index contributed by atoms with van der Waals surface area (Å²) in [6.07, 6.45) is 2.04. The quantitative estimate of drug-likeness (QED) is 0.263. The zero-order valence-electron chi connectivity index (χ0n) is 18.9. The van der Waals surface area contributed by atoms with Gasteiger partial charge in [-0.3, -0.25) is 4.79 Å². The topological polar surface area (TPSA) is 107 Å². The van der Waals surface area contributed by atoms with Gasteiger partial charge in [-0.15, -0.1) is 0 Å². The number of fused-ring (bicyclic) bond motifs is 1. The van der Waals surface area contributed by atoms with Gasteiger partial charge in [0.15, 0.2) is 6.61 Å². The molecule has 4 aromatic rings. The number of rotatable bonds is 9. The molecule has 8 heteroatoms. The summed E-state index contributed by atoms with van der Waals surface area (Å²) in [5, 5.41) is 13.5. The molecule has 0 aliphatic rings. The summed E-state index contributed by atoms with van der Waals surface area (Å²) in [4.78, 5) is 25.3. The summed E-state index contributed by atoms with van der Waals surface area (Å²) in [5.41, 5.74) is 3.30. The van der Waals surface area contributed by atoms with Gasteiger partial charge in [0, 0.05) is 29.2 Å². The van der Waals surface area contributed by atoms with Gasteiger partial charge < -0.3 is 18.6 Å². The molecule has 0 aliphatic carbocycles. The molecule has 0 bridgehead atoms. The highest BCUT2D eigenvalue weighted by Gasteiger charge is 2.17. The van der Waals surface area contributed by atoms with E-state index in [0.29, 0.717) is 42.2 Å². The third-order valence-electron chi connectivity index (χ3n) is 5.54. The Morgan fingerprint density at radius 2 is 1.88 bits per heavy atom. The number of hydrogen-bond donors (Lipinski definition) is 0. The van der Waals surface area contributed by atoms with Crippen LogP contribution in [0.25, 0.3) is 10.9 Å². The van der Waals surface area contributed by atoms with E-state index in [1.165, 1.54) is 0 Å². The minimum absolute atomic E-state index is 0.306. The fourth-order valence-corrected chi connectivity index (χ4v) is 3.67. The Morgan fingerprint density at radius 1 is 1.12 bits per heavy atom. The van der Waals surface area contributed by atoms with Gasteiger partial charge in [-0.1, -0.05) is 23.4 Å². The summed E-state index contributed by atoms with van der Waals surface area (Å²) in [5.74, 6) is 0.381. The number of nitrogens with zero attached hydrogens (tertiary/aromatic N) is 3. The largest absolute Gasteiger partial charge is 0.489 e. The first-order valence-electron chi connectivity index (χ1n) is 10.8. The highest BCUT2D eigenvalue weighted by atomic mass is 16.5. The summed E-state index contributed by atoms with van der Waals surface area (Å²) in [6, 6.07) is 16.1. The van der Waals surface area contributed by atoms with Crippen LogP contribution in [0.3, 0.4) is 0 Å². The number of hydrogen-bond acceptors (Lipinski definition) is 7. The van der Waals surface area contributed by atoms with E-state index >= 15 is 0 Å². The number of benzene rings is 2. The molecule has 0 N–H and O–H groups in total. The van der Waals surface area contributed by atoms with Crippen molar-refractivity contribution in [1.29, 1.82) is 5.26 Å². The van der Waals surface area contributed by atoms with Gasteiger partial charge in [0.05, 0.1) is 29.3 Å². The summed E-state index contributed by atoms with van der Waals surface area (Å²) >= 11 is 0. The van der Waals surface area contributed by atoms with Crippen LogP contribution in [0.5, 0.6) is 5.75 Å². The second-order valence-electron chi connectivity index (χ2n) is 7.78. The van der Waals surface area contributed by atoms with E-state index in [1.807, 2.05) is 42.7 Å². The lowest BCUT2D eigenvalue weighted by atomic mass is 10.1. The van der Waals surface area contributed by atoms with E-state index in [9.17, 15) is 9.59 Å². The zero-order chi connectivity index (χ0) is 24.1. The predicted octanol–water partition coefficient (Wildman–Crippen LogP) is 4.78. The molecule has 0 fully saturated rings. The van der Waals surface area contributed by atoms with Gasteiger partial charge in [-0.05, 0) is 44.2 Å². The Labute approximate surface area is 196 Å². The first-order chi connectivity index (χ1) is 16.5. The number of ether oxygens (including phenoxy) is 2. The number of ketones is 1. The molecule has 0 radical (unpaired) electrons. The summed E-state index contributed by atoms with van der Waals surface area (Å²) in [6.45, 7) is 4.08. The summed E-state index contributed by atoms with van der Waals surface area (Å²) in [7, 11) is 0. The van der Waals surface area contributed by atoms with Crippen molar-refractivity contribution in [2.24, 2.45) is 0 Å². The number of carbonyl (C=O) groups is 2. The Balaban J connectivity index is 1.37. The van der Waals surface area contributed by atoms with Crippen molar-refractivity contribution in [2.75, 3.05) is 6.61 Å². The Morgan fingerprint density at radius 3 is 2.59 bits per heavy atom. The summed E-state index contributed by atoms with van der Waals surface area (Å²) < 4.78 is 18.0. The molecule has 0 saturated carbocycles. The maximum atomic E-state index is 12.8. The van der Waals surface area contributed by atoms with Crippen molar-refractivity contribution in [3.63, 3.8) is 0 Å². The van der Waals surface area contributed by atoms with E-state index in [1.54, 1.807) is 30.5 Å². The minimum atomic E-state index is -0.598. The van der Waals surface area contributed by atoms with E-state index < -0.39 is 5.97 Å². The number of aryl methyl sites for hydroxylation is 3. The maximum absolute atomic E-state index is 12.8. The first-order valence-corrected chi connectivity index (χ1v) is 10.8. The van der Waals surface area contributed by atoms with Gasteiger partial charge in [0.2, 0.25) is 5.78 Å². The van der Waals surface area contributed by atoms with Crippen LogP contribution in [0.2, 0.25) is 0 Å². The molecule has 0 saturated heterocycles. The zero-order valence-corrected chi connectivity index (χ0v) is 18.9. The van der Waals surface area contributed by atoms with Gasteiger partial charge in [-0.25, -0.2) is 4.79 Å². The molecule has 2 aromatic carbocycles. The van der Waals surface area contributed by atoms with Crippen LogP contribution in [-0.2, 0) is 17.9 Å². The second kappa shape index (κ2) is 10.0.